The summed E-state index contributed by atoms with van der Waals surface area (Å²) in [5.74, 6) is 0.603. The Morgan fingerprint density at radius 1 is 1.50 bits per heavy atom. The molecule has 0 saturated heterocycles. The molecule has 0 radical (unpaired) electrons. The Hall–Kier alpha value is -0.660. The smallest absolute Gasteiger partial charge is 0.322 e. The molecule has 0 bridgehead atoms. The molecular formula is C11H19N3O2S2. The van der Waals surface area contributed by atoms with E-state index >= 15 is 0 Å². The number of carbonyl (C=O) groups is 1. The summed E-state index contributed by atoms with van der Waals surface area (Å²) >= 11 is 3.19. The van der Waals surface area contributed by atoms with Crippen LogP contribution in [0.4, 0.5) is 0 Å². The second-order valence-corrected chi connectivity index (χ2v) is 6.64. The summed E-state index contributed by atoms with van der Waals surface area (Å²) in [7, 11) is 1.42. The maximum atomic E-state index is 11.6. The molecule has 0 aromatic carbocycles. The van der Waals surface area contributed by atoms with Crippen LogP contribution in [0, 0.1) is 6.92 Å². The molecule has 0 aliphatic rings. The van der Waals surface area contributed by atoms with E-state index in [9.17, 15) is 4.79 Å². The summed E-state index contributed by atoms with van der Waals surface area (Å²) < 4.78 is 5.73. The number of aromatic nitrogens is 2. The number of thioether (sulfide) groups is 1. The molecule has 1 unspecified atom stereocenters. The quantitative estimate of drug-likeness (QED) is 0.610. The van der Waals surface area contributed by atoms with Crippen molar-refractivity contribution in [2.75, 3.05) is 12.9 Å². The van der Waals surface area contributed by atoms with Crippen LogP contribution in [0.2, 0.25) is 0 Å². The Balaban J connectivity index is 2.39. The highest BCUT2D eigenvalue weighted by molar-refractivity contribution is 8.01. The average Bonchev–Trinajstić information content (AvgIpc) is 2.72. The van der Waals surface area contributed by atoms with Gasteiger partial charge in [-0.2, -0.15) is 0 Å². The normalized spacial score (nSPS) is 12.7. The molecule has 0 saturated carbocycles. The van der Waals surface area contributed by atoms with Crippen molar-refractivity contribution in [1.29, 1.82) is 0 Å². The molecule has 7 heteroatoms. The van der Waals surface area contributed by atoms with E-state index in [2.05, 4.69) is 15.5 Å². The fraction of sp³-hybridized carbons (Fsp3) is 0.727. The zero-order valence-corrected chi connectivity index (χ0v) is 12.7. The van der Waals surface area contributed by atoms with Gasteiger partial charge in [0, 0.05) is 11.8 Å². The minimum Gasteiger partial charge on any atom is -0.468 e. The third-order valence-electron chi connectivity index (χ3n) is 2.16. The lowest BCUT2D eigenvalue weighted by Gasteiger charge is -2.18. The Morgan fingerprint density at radius 2 is 2.22 bits per heavy atom. The van der Waals surface area contributed by atoms with Crippen LogP contribution in [0.3, 0.4) is 0 Å². The summed E-state index contributed by atoms with van der Waals surface area (Å²) in [5, 5.41) is 12.1. The third kappa shape index (κ3) is 5.32. The minimum atomic E-state index is -0.253. The first kappa shape index (κ1) is 15.4. The van der Waals surface area contributed by atoms with Gasteiger partial charge in [0.05, 0.1) is 7.11 Å². The molecule has 0 aliphatic carbocycles. The van der Waals surface area contributed by atoms with E-state index in [0.717, 1.165) is 15.1 Å². The van der Waals surface area contributed by atoms with Crippen molar-refractivity contribution in [2.24, 2.45) is 0 Å². The predicted octanol–water partition coefficient (Wildman–Crippen LogP) is 1.87. The Labute approximate surface area is 116 Å². The second-order valence-electron chi connectivity index (χ2n) is 4.12. The van der Waals surface area contributed by atoms with Gasteiger partial charge in [0.25, 0.3) is 0 Å². The monoisotopic (exact) mass is 289 g/mol. The van der Waals surface area contributed by atoms with Gasteiger partial charge in [0.2, 0.25) is 0 Å². The number of methoxy groups -OCH3 is 1. The van der Waals surface area contributed by atoms with Crippen LogP contribution in [-0.2, 0) is 9.53 Å². The standard InChI is InChI=1S/C11H19N3O2S2/c1-7(2)12-9(10(15)16-4)5-6-17-11-14-13-8(3)18-11/h7,9,12H,5-6H2,1-4H3. The second kappa shape index (κ2) is 7.70. The molecule has 5 nitrogen and oxygen atoms in total. The Kier molecular flexibility index (Phi) is 6.59. The highest BCUT2D eigenvalue weighted by Crippen LogP contribution is 2.22. The van der Waals surface area contributed by atoms with Crippen molar-refractivity contribution in [1.82, 2.24) is 15.5 Å². The zero-order valence-electron chi connectivity index (χ0n) is 11.1. The molecule has 0 aliphatic heterocycles. The van der Waals surface area contributed by atoms with Gasteiger partial charge in [-0.3, -0.25) is 4.79 Å². The first-order valence-electron chi connectivity index (χ1n) is 5.79. The van der Waals surface area contributed by atoms with E-state index in [1.54, 1.807) is 23.1 Å². The van der Waals surface area contributed by atoms with Crippen LogP contribution in [0.1, 0.15) is 25.3 Å². The lowest BCUT2D eigenvalue weighted by Crippen LogP contribution is -2.41. The highest BCUT2D eigenvalue weighted by Gasteiger charge is 2.19. The number of rotatable bonds is 7. The van der Waals surface area contributed by atoms with Crippen molar-refractivity contribution in [3.05, 3.63) is 5.01 Å². The van der Waals surface area contributed by atoms with E-state index in [4.69, 9.17) is 4.74 Å². The van der Waals surface area contributed by atoms with Crippen LogP contribution in [-0.4, -0.2) is 41.1 Å². The van der Waals surface area contributed by atoms with E-state index in [-0.39, 0.29) is 18.1 Å². The average molecular weight is 289 g/mol. The van der Waals surface area contributed by atoms with E-state index in [1.165, 1.54) is 7.11 Å². The SMILES string of the molecule is COC(=O)C(CCSc1nnc(C)s1)NC(C)C. The van der Waals surface area contributed by atoms with E-state index < -0.39 is 0 Å². The van der Waals surface area contributed by atoms with Crippen LogP contribution < -0.4 is 5.32 Å². The summed E-state index contributed by atoms with van der Waals surface area (Å²) in [5.41, 5.74) is 0. The van der Waals surface area contributed by atoms with Crippen molar-refractivity contribution in [2.45, 2.75) is 43.6 Å². The van der Waals surface area contributed by atoms with E-state index in [1.807, 2.05) is 20.8 Å². The molecule has 1 N–H and O–H groups in total. The lowest BCUT2D eigenvalue weighted by atomic mass is 10.2. The van der Waals surface area contributed by atoms with Crippen molar-refractivity contribution >= 4 is 29.1 Å². The molecule has 0 fully saturated rings. The number of nitrogens with one attached hydrogen (secondary N) is 1. The number of carbonyl (C=O) groups excluding carboxylic acids is 1. The molecule has 0 spiro atoms. The van der Waals surface area contributed by atoms with Gasteiger partial charge in [-0.15, -0.1) is 10.2 Å². The molecule has 1 rings (SSSR count). The molecule has 1 heterocycles. The molecule has 0 amide bonds. The molecule has 1 aromatic rings. The fourth-order valence-corrected chi connectivity index (χ4v) is 3.30. The Morgan fingerprint density at radius 3 is 2.72 bits per heavy atom. The molecule has 1 aromatic heterocycles. The maximum Gasteiger partial charge on any atom is 0.322 e. The van der Waals surface area contributed by atoms with Gasteiger partial charge in [0.1, 0.15) is 11.0 Å². The molecular weight excluding hydrogens is 270 g/mol. The van der Waals surface area contributed by atoms with Crippen LogP contribution in [0.15, 0.2) is 4.34 Å². The number of esters is 1. The Bertz CT molecular complexity index is 382. The third-order valence-corrected chi connectivity index (χ3v) is 4.17. The predicted molar refractivity (Wildman–Crippen MR) is 74.1 cm³/mol. The first-order valence-corrected chi connectivity index (χ1v) is 7.60. The van der Waals surface area contributed by atoms with Gasteiger partial charge in [-0.25, -0.2) is 0 Å². The van der Waals surface area contributed by atoms with Crippen LogP contribution in [0.5, 0.6) is 0 Å². The zero-order chi connectivity index (χ0) is 13.5. The van der Waals surface area contributed by atoms with E-state index in [0.29, 0.717) is 6.42 Å². The molecule has 18 heavy (non-hydrogen) atoms. The lowest BCUT2D eigenvalue weighted by molar-refractivity contribution is -0.143. The first-order chi connectivity index (χ1) is 8.52. The summed E-state index contributed by atoms with van der Waals surface area (Å²) in [6.45, 7) is 5.95. The van der Waals surface area contributed by atoms with Gasteiger partial charge < -0.3 is 10.1 Å². The summed E-state index contributed by atoms with van der Waals surface area (Å²) in [4.78, 5) is 11.6. The van der Waals surface area contributed by atoms with Gasteiger partial charge in [0.15, 0.2) is 4.34 Å². The fourth-order valence-electron chi connectivity index (χ4n) is 1.41. The number of aryl methyl sites for hydroxylation is 1. The van der Waals surface area contributed by atoms with Crippen LogP contribution in [0.25, 0.3) is 0 Å². The number of ether oxygens (including phenoxy) is 1. The molecule has 1 atom stereocenters. The van der Waals surface area contributed by atoms with Gasteiger partial charge in [-0.05, 0) is 13.3 Å². The number of hydrogen-bond acceptors (Lipinski definition) is 7. The van der Waals surface area contributed by atoms with Crippen LogP contribution >= 0.6 is 23.1 Å². The van der Waals surface area contributed by atoms with Gasteiger partial charge in [-0.1, -0.05) is 36.9 Å². The number of hydrogen-bond donors (Lipinski definition) is 1. The number of nitrogens with zero attached hydrogens (tertiary/aromatic N) is 2. The summed E-state index contributed by atoms with van der Waals surface area (Å²) in [6.07, 6.45) is 0.716. The van der Waals surface area contributed by atoms with Gasteiger partial charge >= 0.3 is 5.97 Å². The topological polar surface area (TPSA) is 64.1 Å². The van der Waals surface area contributed by atoms with Crippen molar-refractivity contribution < 1.29 is 9.53 Å². The maximum absolute atomic E-state index is 11.6. The van der Waals surface area contributed by atoms with Crippen molar-refractivity contribution in [3.8, 4) is 0 Å². The minimum absolute atomic E-state index is 0.210. The largest absolute Gasteiger partial charge is 0.468 e. The highest BCUT2D eigenvalue weighted by atomic mass is 32.2. The van der Waals surface area contributed by atoms with Crippen molar-refractivity contribution in [3.63, 3.8) is 0 Å². The molecule has 102 valence electrons. The summed E-state index contributed by atoms with van der Waals surface area (Å²) in [6, 6.07) is -0.000563.